The van der Waals surface area contributed by atoms with Crippen molar-refractivity contribution in [3.05, 3.63) is 59.1 Å². The van der Waals surface area contributed by atoms with Crippen LogP contribution in [0.3, 0.4) is 0 Å². The molecular weight excluding hydrogens is 276 g/mol. The van der Waals surface area contributed by atoms with Crippen molar-refractivity contribution in [1.82, 2.24) is 5.32 Å². The molecule has 3 rings (SSSR count). The summed E-state index contributed by atoms with van der Waals surface area (Å²) < 4.78 is 5.52. The minimum Gasteiger partial charge on any atom is -0.491 e. The van der Waals surface area contributed by atoms with Crippen LogP contribution in [0.4, 0.5) is 10.5 Å². The van der Waals surface area contributed by atoms with Crippen LogP contribution in [0.15, 0.2) is 48.5 Å². The fourth-order valence-corrected chi connectivity index (χ4v) is 2.36. The van der Waals surface area contributed by atoms with Gasteiger partial charge in [0.2, 0.25) is 0 Å². The molecule has 4 nitrogen and oxygen atoms in total. The van der Waals surface area contributed by atoms with E-state index in [2.05, 4.69) is 10.6 Å². The Morgan fingerprint density at radius 1 is 1.20 bits per heavy atom. The first-order chi connectivity index (χ1) is 9.72. The maximum Gasteiger partial charge on any atom is 0.319 e. The zero-order chi connectivity index (χ0) is 13.9. The van der Waals surface area contributed by atoms with Crippen molar-refractivity contribution in [2.24, 2.45) is 0 Å². The van der Waals surface area contributed by atoms with Gasteiger partial charge in [0.15, 0.2) is 0 Å². The summed E-state index contributed by atoms with van der Waals surface area (Å²) in [6.45, 7) is 0.447. The highest BCUT2D eigenvalue weighted by Gasteiger charge is 2.24. The second-order valence-corrected chi connectivity index (χ2v) is 4.95. The van der Waals surface area contributed by atoms with Crippen molar-refractivity contribution >= 4 is 23.3 Å². The molecule has 0 bridgehead atoms. The summed E-state index contributed by atoms with van der Waals surface area (Å²) in [5.74, 6) is 0.820. The Morgan fingerprint density at radius 3 is 2.90 bits per heavy atom. The van der Waals surface area contributed by atoms with Crippen molar-refractivity contribution in [3.63, 3.8) is 0 Å². The molecule has 2 aromatic carbocycles. The Labute approximate surface area is 121 Å². The van der Waals surface area contributed by atoms with E-state index in [4.69, 9.17) is 16.3 Å². The Morgan fingerprint density at radius 2 is 2.05 bits per heavy atom. The van der Waals surface area contributed by atoms with Crippen LogP contribution in [-0.4, -0.2) is 12.6 Å². The Balaban J connectivity index is 1.66. The number of para-hydroxylation sites is 1. The van der Waals surface area contributed by atoms with E-state index in [1.807, 2.05) is 24.3 Å². The van der Waals surface area contributed by atoms with Gasteiger partial charge in [0.05, 0.1) is 6.04 Å². The molecule has 0 radical (unpaired) electrons. The van der Waals surface area contributed by atoms with E-state index in [0.29, 0.717) is 17.3 Å². The van der Waals surface area contributed by atoms with Crippen LogP contribution in [0.1, 0.15) is 11.6 Å². The lowest BCUT2D eigenvalue weighted by molar-refractivity contribution is 0.243. The van der Waals surface area contributed by atoms with E-state index in [-0.39, 0.29) is 12.1 Å². The standard InChI is InChI=1S/C15H13ClN2O2/c16-10-4-3-5-11(8-10)17-15(19)18-13-9-20-14-7-2-1-6-12(13)14/h1-8,13H,9H2,(H2,17,18,19). The molecule has 0 aromatic heterocycles. The fraction of sp³-hybridized carbons (Fsp3) is 0.133. The van der Waals surface area contributed by atoms with Gasteiger partial charge in [0.25, 0.3) is 0 Å². The first-order valence-corrected chi connectivity index (χ1v) is 6.65. The molecule has 1 aliphatic rings. The molecule has 0 fully saturated rings. The largest absolute Gasteiger partial charge is 0.491 e. The van der Waals surface area contributed by atoms with E-state index in [1.165, 1.54) is 0 Å². The average molecular weight is 289 g/mol. The summed E-state index contributed by atoms with van der Waals surface area (Å²) in [6, 6.07) is 14.3. The monoisotopic (exact) mass is 288 g/mol. The molecule has 20 heavy (non-hydrogen) atoms. The molecule has 5 heteroatoms. The molecule has 2 N–H and O–H groups in total. The summed E-state index contributed by atoms with van der Waals surface area (Å²) in [5.41, 5.74) is 1.65. The van der Waals surface area contributed by atoms with Crippen LogP contribution >= 0.6 is 11.6 Å². The maximum absolute atomic E-state index is 12.0. The molecule has 1 aliphatic heterocycles. The normalized spacial score (nSPS) is 16.1. The number of ether oxygens (including phenoxy) is 1. The van der Waals surface area contributed by atoms with Crippen LogP contribution in [0.25, 0.3) is 0 Å². The third-order valence-electron chi connectivity index (χ3n) is 3.09. The summed E-state index contributed by atoms with van der Waals surface area (Å²) in [6.07, 6.45) is 0. The topological polar surface area (TPSA) is 50.4 Å². The number of benzene rings is 2. The number of urea groups is 1. The highest BCUT2D eigenvalue weighted by molar-refractivity contribution is 6.30. The number of carbonyl (C=O) groups is 1. The minimum absolute atomic E-state index is 0.134. The van der Waals surface area contributed by atoms with Crippen molar-refractivity contribution in [2.75, 3.05) is 11.9 Å². The summed E-state index contributed by atoms with van der Waals surface area (Å²) in [7, 11) is 0. The van der Waals surface area contributed by atoms with E-state index in [9.17, 15) is 4.79 Å². The molecule has 0 aliphatic carbocycles. The van der Waals surface area contributed by atoms with Gasteiger partial charge < -0.3 is 15.4 Å². The molecule has 0 saturated carbocycles. The zero-order valence-corrected chi connectivity index (χ0v) is 11.4. The second kappa shape index (κ2) is 5.43. The summed E-state index contributed by atoms with van der Waals surface area (Å²) >= 11 is 5.87. The Kier molecular flexibility index (Phi) is 3.48. The maximum atomic E-state index is 12.0. The van der Waals surface area contributed by atoms with Crippen molar-refractivity contribution in [2.45, 2.75) is 6.04 Å². The minimum atomic E-state index is -0.280. The quantitative estimate of drug-likeness (QED) is 0.887. The number of fused-ring (bicyclic) bond motifs is 1. The van der Waals surface area contributed by atoms with E-state index < -0.39 is 0 Å². The van der Waals surface area contributed by atoms with Crippen LogP contribution in [0.2, 0.25) is 5.02 Å². The predicted molar refractivity (Wildman–Crippen MR) is 78.3 cm³/mol. The van der Waals surface area contributed by atoms with Gasteiger partial charge in [-0.3, -0.25) is 0 Å². The Bertz CT molecular complexity index is 645. The number of rotatable bonds is 2. The van der Waals surface area contributed by atoms with Gasteiger partial charge in [-0.05, 0) is 24.3 Å². The fourth-order valence-electron chi connectivity index (χ4n) is 2.17. The molecule has 0 saturated heterocycles. The smallest absolute Gasteiger partial charge is 0.319 e. The molecule has 1 unspecified atom stereocenters. The molecule has 2 amide bonds. The molecule has 1 heterocycles. The van der Waals surface area contributed by atoms with Crippen molar-refractivity contribution < 1.29 is 9.53 Å². The number of hydrogen-bond acceptors (Lipinski definition) is 2. The first-order valence-electron chi connectivity index (χ1n) is 6.27. The average Bonchev–Trinajstić information content (AvgIpc) is 2.82. The van der Waals surface area contributed by atoms with Crippen LogP contribution < -0.4 is 15.4 Å². The van der Waals surface area contributed by atoms with Crippen LogP contribution in [0, 0.1) is 0 Å². The highest BCUT2D eigenvalue weighted by Crippen LogP contribution is 2.31. The highest BCUT2D eigenvalue weighted by atomic mass is 35.5. The van der Waals surface area contributed by atoms with Gasteiger partial charge in [-0.25, -0.2) is 4.79 Å². The van der Waals surface area contributed by atoms with Gasteiger partial charge in [0, 0.05) is 16.3 Å². The number of nitrogens with one attached hydrogen (secondary N) is 2. The van der Waals surface area contributed by atoms with Crippen LogP contribution in [-0.2, 0) is 0 Å². The number of halogens is 1. The van der Waals surface area contributed by atoms with Gasteiger partial charge in [-0.2, -0.15) is 0 Å². The third kappa shape index (κ3) is 2.70. The zero-order valence-electron chi connectivity index (χ0n) is 10.6. The number of carbonyl (C=O) groups excluding carboxylic acids is 1. The van der Waals surface area contributed by atoms with E-state index >= 15 is 0 Å². The van der Waals surface area contributed by atoms with Gasteiger partial charge in [-0.15, -0.1) is 0 Å². The predicted octanol–water partition coefficient (Wildman–Crippen LogP) is 3.60. The van der Waals surface area contributed by atoms with E-state index in [1.54, 1.807) is 24.3 Å². The van der Waals surface area contributed by atoms with Gasteiger partial charge >= 0.3 is 6.03 Å². The lowest BCUT2D eigenvalue weighted by atomic mass is 10.1. The van der Waals surface area contributed by atoms with Gasteiger partial charge in [0.1, 0.15) is 12.4 Å². The number of hydrogen-bond donors (Lipinski definition) is 2. The summed E-state index contributed by atoms with van der Waals surface area (Å²) in [5, 5.41) is 6.22. The Hall–Kier alpha value is -2.20. The third-order valence-corrected chi connectivity index (χ3v) is 3.32. The molecule has 1 atom stereocenters. The lowest BCUT2D eigenvalue weighted by Crippen LogP contribution is -2.33. The SMILES string of the molecule is O=C(Nc1cccc(Cl)c1)NC1COc2ccccc21. The van der Waals surface area contributed by atoms with Crippen molar-refractivity contribution in [3.8, 4) is 5.75 Å². The number of amides is 2. The van der Waals surface area contributed by atoms with Gasteiger partial charge in [-0.1, -0.05) is 35.9 Å². The van der Waals surface area contributed by atoms with Crippen molar-refractivity contribution in [1.29, 1.82) is 0 Å². The molecule has 2 aromatic rings. The molecule has 102 valence electrons. The summed E-state index contributed by atoms with van der Waals surface area (Å²) in [4.78, 5) is 12.0. The first kappa shape index (κ1) is 12.8. The number of anilines is 1. The lowest BCUT2D eigenvalue weighted by Gasteiger charge is -2.13. The molecular formula is C15H13ClN2O2. The molecule has 0 spiro atoms. The van der Waals surface area contributed by atoms with Crippen LogP contribution in [0.5, 0.6) is 5.75 Å². The second-order valence-electron chi connectivity index (χ2n) is 4.51. The van der Waals surface area contributed by atoms with E-state index in [0.717, 1.165) is 11.3 Å².